The van der Waals surface area contributed by atoms with Crippen molar-refractivity contribution in [2.45, 2.75) is 20.4 Å². The van der Waals surface area contributed by atoms with Crippen molar-refractivity contribution in [1.29, 1.82) is 0 Å². The zero-order chi connectivity index (χ0) is 13.8. The Labute approximate surface area is 112 Å². The molecule has 19 heavy (non-hydrogen) atoms. The molecule has 0 saturated heterocycles. The average Bonchev–Trinajstić information content (AvgIpc) is 2.42. The molecule has 2 rings (SSSR count). The number of carbonyl (C=O) groups excluding carboxylic acids is 1. The Hall–Kier alpha value is -2.20. The number of aromatic nitrogens is 1. The number of aryl methyl sites for hydroxylation is 2. The van der Waals surface area contributed by atoms with E-state index in [-0.39, 0.29) is 5.91 Å². The van der Waals surface area contributed by atoms with Crippen molar-refractivity contribution < 1.29 is 4.79 Å². The van der Waals surface area contributed by atoms with Crippen molar-refractivity contribution in [1.82, 2.24) is 4.98 Å². The van der Waals surface area contributed by atoms with Crippen LogP contribution in [0.3, 0.4) is 0 Å². The highest BCUT2D eigenvalue weighted by Gasteiger charge is 2.08. The van der Waals surface area contributed by atoms with Crippen molar-refractivity contribution in [3.05, 3.63) is 58.9 Å². The van der Waals surface area contributed by atoms with Gasteiger partial charge in [-0.15, -0.1) is 0 Å². The van der Waals surface area contributed by atoms with Crippen molar-refractivity contribution in [2.75, 3.05) is 5.32 Å². The lowest BCUT2D eigenvalue weighted by molar-refractivity contribution is 0.102. The van der Waals surface area contributed by atoms with Gasteiger partial charge in [0.25, 0.3) is 5.91 Å². The fourth-order valence-electron chi connectivity index (χ4n) is 1.82. The predicted octanol–water partition coefficient (Wildman–Crippen LogP) is 2.41. The van der Waals surface area contributed by atoms with Gasteiger partial charge in [-0.25, -0.2) is 0 Å². The monoisotopic (exact) mass is 255 g/mol. The van der Waals surface area contributed by atoms with E-state index in [1.165, 1.54) is 5.56 Å². The Bertz CT molecular complexity index is 591. The number of benzene rings is 1. The summed E-state index contributed by atoms with van der Waals surface area (Å²) in [6.07, 6.45) is 1.62. The van der Waals surface area contributed by atoms with Crippen LogP contribution in [0.5, 0.6) is 0 Å². The zero-order valence-electron chi connectivity index (χ0n) is 11.1. The van der Waals surface area contributed by atoms with E-state index >= 15 is 0 Å². The number of pyridine rings is 1. The van der Waals surface area contributed by atoms with Gasteiger partial charge in [-0.3, -0.25) is 9.78 Å². The molecule has 0 fully saturated rings. The van der Waals surface area contributed by atoms with Crippen molar-refractivity contribution in [2.24, 2.45) is 5.73 Å². The highest BCUT2D eigenvalue weighted by molar-refractivity contribution is 6.03. The molecule has 1 heterocycles. The summed E-state index contributed by atoms with van der Waals surface area (Å²) < 4.78 is 0. The molecule has 0 spiro atoms. The van der Waals surface area contributed by atoms with E-state index in [0.717, 1.165) is 16.8 Å². The van der Waals surface area contributed by atoms with Crippen molar-refractivity contribution in [3.8, 4) is 0 Å². The molecule has 2 aromatic rings. The second kappa shape index (κ2) is 5.63. The average molecular weight is 255 g/mol. The lowest BCUT2D eigenvalue weighted by atomic mass is 10.1. The van der Waals surface area contributed by atoms with E-state index in [4.69, 9.17) is 5.73 Å². The van der Waals surface area contributed by atoms with Crippen molar-refractivity contribution >= 4 is 11.6 Å². The fraction of sp³-hybridized carbons (Fsp3) is 0.200. The minimum atomic E-state index is -0.212. The first kappa shape index (κ1) is 13.2. The van der Waals surface area contributed by atoms with E-state index in [9.17, 15) is 4.79 Å². The summed E-state index contributed by atoms with van der Waals surface area (Å²) in [5.41, 5.74) is 9.79. The van der Waals surface area contributed by atoms with Crippen LogP contribution >= 0.6 is 0 Å². The maximum absolute atomic E-state index is 12.0. The summed E-state index contributed by atoms with van der Waals surface area (Å²) in [7, 11) is 0. The Morgan fingerprint density at radius 3 is 2.63 bits per heavy atom. The normalized spacial score (nSPS) is 10.3. The van der Waals surface area contributed by atoms with E-state index in [2.05, 4.69) is 10.3 Å². The Morgan fingerprint density at radius 1 is 1.26 bits per heavy atom. The number of amides is 1. The molecule has 1 aromatic heterocycles. The van der Waals surface area contributed by atoms with Crippen LogP contribution in [0.2, 0.25) is 0 Å². The molecule has 4 nitrogen and oxygen atoms in total. The lowest BCUT2D eigenvalue weighted by Gasteiger charge is -2.09. The van der Waals surface area contributed by atoms with E-state index in [1.807, 2.05) is 38.1 Å². The molecule has 0 radical (unpaired) electrons. The van der Waals surface area contributed by atoms with Crippen LogP contribution in [0.15, 0.2) is 36.5 Å². The lowest BCUT2D eigenvalue weighted by Crippen LogP contribution is -2.14. The van der Waals surface area contributed by atoms with Crippen LogP contribution in [0, 0.1) is 13.8 Å². The maximum atomic E-state index is 12.0. The quantitative estimate of drug-likeness (QED) is 0.885. The third kappa shape index (κ3) is 3.17. The molecule has 0 aliphatic carbocycles. The van der Waals surface area contributed by atoms with Gasteiger partial charge in [0.05, 0.1) is 0 Å². The molecule has 98 valence electrons. The summed E-state index contributed by atoms with van der Waals surface area (Å²) in [6, 6.07) is 9.38. The molecule has 1 aromatic carbocycles. The second-order valence-electron chi connectivity index (χ2n) is 4.53. The van der Waals surface area contributed by atoms with Crippen LogP contribution in [0.4, 0.5) is 5.69 Å². The summed E-state index contributed by atoms with van der Waals surface area (Å²) in [6.45, 7) is 4.41. The number of hydrogen-bond donors (Lipinski definition) is 2. The first-order valence-electron chi connectivity index (χ1n) is 6.14. The van der Waals surface area contributed by atoms with Crippen LogP contribution in [0.25, 0.3) is 0 Å². The molecule has 1 amide bonds. The van der Waals surface area contributed by atoms with Gasteiger partial charge in [0.1, 0.15) is 5.69 Å². The number of nitrogens with two attached hydrogens (primary N) is 1. The fourth-order valence-corrected chi connectivity index (χ4v) is 1.82. The number of carbonyl (C=O) groups is 1. The largest absolute Gasteiger partial charge is 0.326 e. The minimum absolute atomic E-state index is 0.212. The first-order chi connectivity index (χ1) is 9.10. The number of hydrogen-bond acceptors (Lipinski definition) is 3. The number of nitrogens with one attached hydrogen (secondary N) is 1. The van der Waals surface area contributed by atoms with Gasteiger partial charge >= 0.3 is 0 Å². The maximum Gasteiger partial charge on any atom is 0.274 e. The summed E-state index contributed by atoms with van der Waals surface area (Å²) in [5, 5.41) is 2.86. The molecule has 0 unspecified atom stereocenters. The molecule has 4 heteroatoms. The molecule has 0 aliphatic rings. The minimum Gasteiger partial charge on any atom is -0.326 e. The van der Waals surface area contributed by atoms with Crippen LogP contribution in [-0.4, -0.2) is 10.9 Å². The van der Waals surface area contributed by atoms with Crippen molar-refractivity contribution in [3.63, 3.8) is 0 Å². The van der Waals surface area contributed by atoms with E-state index < -0.39 is 0 Å². The van der Waals surface area contributed by atoms with Gasteiger partial charge in [0.2, 0.25) is 0 Å². The third-order valence-electron chi connectivity index (χ3n) is 2.92. The third-order valence-corrected chi connectivity index (χ3v) is 2.92. The standard InChI is InChI=1S/C15H17N3O/c1-10-3-5-13(11(2)7-10)18-15(19)14-6-4-12(8-16)9-17-14/h3-7,9H,8,16H2,1-2H3,(H,18,19). The summed E-state index contributed by atoms with van der Waals surface area (Å²) in [4.78, 5) is 16.1. The van der Waals surface area contributed by atoms with Gasteiger partial charge in [-0.05, 0) is 37.1 Å². The van der Waals surface area contributed by atoms with E-state index in [1.54, 1.807) is 12.3 Å². The number of rotatable bonds is 3. The topological polar surface area (TPSA) is 68.0 Å². The first-order valence-corrected chi connectivity index (χ1v) is 6.14. The van der Waals surface area contributed by atoms with Gasteiger partial charge < -0.3 is 11.1 Å². The zero-order valence-corrected chi connectivity index (χ0v) is 11.1. The highest BCUT2D eigenvalue weighted by Crippen LogP contribution is 2.16. The second-order valence-corrected chi connectivity index (χ2v) is 4.53. The Kier molecular flexibility index (Phi) is 3.92. The van der Waals surface area contributed by atoms with Crippen LogP contribution in [-0.2, 0) is 6.54 Å². The Morgan fingerprint density at radius 2 is 2.05 bits per heavy atom. The molecule has 3 N–H and O–H groups in total. The van der Waals surface area contributed by atoms with Gasteiger partial charge in [0.15, 0.2) is 0 Å². The van der Waals surface area contributed by atoms with Crippen LogP contribution in [0.1, 0.15) is 27.2 Å². The van der Waals surface area contributed by atoms with Gasteiger partial charge in [-0.2, -0.15) is 0 Å². The molecule has 0 saturated carbocycles. The molecule has 0 aliphatic heterocycles. The highest BCUT2D eigenvalue weighted by atomic mass is 16.1. The number of nitrogens with zero attached hydrogens (tertiary/aromatic N) is 1. The SMILES string of the molecule is Cc1ccc(NC(=O)c2ccc(CN)cn2)c(C)c1. The molecule has 0 atom stereocenters. The summed E-state index contributed by atoms with van der Waals surface area (Å²) >= 11 is 0. The molecular weight excluding hydrogens is 238 g/mol. The van der Waals surface area contributed by atoms with Gasteiger partial charge in [-0.1, -0.05) is 23.8 Å². The number of anilines is 1. The Balaban J connectivity index is 2.15. The predicted molar refractivity (Wildman–Crippen MR) is 76.0 cm³/mol. The van der Waals surface area contributed by atoms with Crippen LogP contribution < -0.4 is 11.1 Å². The van der Waals surface area contributed by atoms with E-state index in [0.29, 0.717) is 12.2 Å². The summed E-state index contributed by atoms with van der Waals surface area (Å²) in [5.74, 6) is -0.212. The molecular formula is C15H17N3O. The smallest absolute Gasteiger partial charge is 0.274 e. The van der Waals surface area contributed by atoms with Gasteiger partial charge in [0, 0.05) is 18.4 Å². The molecule has 0 bridgehead atoms.